The normalized spacial score (nSPS) is 11.2. The monoisotopic (exact) mass is 312 g/mol. The Morgan fingerprint density at radius 2 is 1.95 bits per heavy atom. The van der Waals surface area contributed by atoms with Crippen molar-refractivity contribution in [2.75, 3.05) is 5.32 Å². The Bertz CT molecular complexity index is 668. The van der Waals surface area contributed by atoms with Gasteiger partial charge in [0.2, 0.25) is 0 Å². The molecule has 21 heavy (non-hydrogen) atoms. The first kappa shape index (κ1) is 15.2. The van der Waals surface area contributed by atoms with Crippen LogP contribution in [-0.2, 0) is 6.18 Å². The molecule has 0 aliphatic heterocycles. The average molecular weight is 312 g/mol. The second-order valence-corrected chi connectivity index (χ2v) is 4.71. The minimum absolute atomic E-state index is 0.156. The van der Waals surface area contributed by atoms with E-state index in [1.807, 2.05) is 6.92 Å². The molecule has 0 aliphatic rings. The Hall–Kier alpha value is -2.22. The summed E-state index contributed by atoms with van der Waals surface area (Å²) in [5.41, 5.74) is 6.41. The standard InChI is InChI=1S/C13H11F3N4S/c1-7-4-5-18-12(10(7)11(17)21)20-8-2-3-9(19-6-8)13(14,15)16/h2-6H,1H3,(H2,17,21)(H,18,20). The van der Waals surface area contributed by atoms with Gasteiger partial charge >= 0.3 is 6.18 Å². The number of hydrogen-bond donors (Lipinski definition) is 2. The van der Waals surface area contributed by atoms with Crippen molar-refractivity contribution < 1.29 is 13.2 Å². The Kier molecular flexibility index (Phi) is 4.08. The Labute approximate surface area is 124 Å². The van der Waals surface area contributed by atoms with E-state index in [0.29, 0.717) is 17.1 Å². The average Bonchev–Trinajstić information content (AvgIpc) is 2.38. The zero-order chi connectivity index (χ0) is 15.6. The van der Waals surface area contributed by atoms with Crippen LogP contribution in [0.2, 0.25) is 0 Å². The Morgan fingerprint density at radius 1 is 1.24 bits per heavy atom. The molecule has 0 atom stereocenters. The number of pyridine rings is 2. The number of rotatable bonds is 3. The molecule has 0 saturated carbocycles. The number of anilines is 2. The first-order chi connectivity index (χ1) is 9.79. The highest BCUT2D eigenvalue weighted by atomic mass is 32.1. The van der Waals surface area contributed by atoms with Gasteiger partial charge in [-0.15, -0.1) is 0 Å². The van der Waals surface area contributed by atoms with Gasteiger partial charge < -0.3 is 11.1 Å². The second-order valence-electron chi connectivity index (χ2n) is 4.27. The summed E-state index contributed by atoms with van der Waals surface area (Å²) in [5, 5.41) is 2.86. The summed E-state index contributed by atoms with van der Waals surface area (Å²) in [6.45, 7) is 1.81. The molecule has 0 radical (unpaired) electrons. The SMILES string of the molecule is Cc1ccnc(Nc2ccc(C(F)(F)F)nc2)c1C(N)=S. The fourth-order valence-electron chi connectivity index (χ4n) is 1.74. The van der Waals surface area contributed by atoms with Crippen LogP contribution in [0, 0.1) is 6.92 Å². The van der Waals surface area contributed by atoms with Gasteiger partial charge in [0.05, 0.1) is 17.4 Å². The van der Waals surface area contributed by atoms with Crippen LogP contribution in [0.3, 0.4) is 0 Å². The molecular weight excluding hydrogens is 301 g/mol. The van der Waals surface area contributed by atoms with E-state index in [2.05, 4.69) is 15.3 Å². The van der Waals surface area contributed by atoms with Crippen LogP contribution in [0.4, 0.5) is 24.7 Å². The number of nitrogens with two attached hydrogens (primary N) is 1. The molecule has 110 valence electrons. The number of aryl methyl sites for hydroxylation is 1. The minimum atomic E-state index is -4.47. The maximum absolute atomic E-state index is 12.4. The van der Waals surface area contributed by atoms with Crippen molar-refractivity contribution in [2.45, 2.75) is 13.1 Å². The predicted octanol–water partition coefficient (Wildman–Crippen LogP) is 3.18. The fraction of sp³-hybridized carbons (Fsp3) is 0.154. The molecular formula is C13H11F3N4S. The molecule has 3 N–H and O–H groups in total. The number of thiocarbonyl (C=S) groups is 1. The molecule has 2 aromatic heterocycles. The van der Waals surface area contributed by atoms with Crippen molar-refractivity contribution in [3.05, 3.63) is 47.4 Å². The van der Waals surface area contributed by atoms with Crippen molar-refractivity contribution in [1.29, 1.82) is 0 Å². The minimum Gasteiger partial charge on any atom is -0.389 e. The summed E-state index contributed by atoms with van der Waals surface area (Å²) in [5.74, 6) is 0.379. The van der Waals surface area contributed by atoms with E-state index in [-0.39, 0.29) is 4.99 Å². The van der Waals surface area contributed by atoms with E-state index in [1.54, 1.807) is 12.3 Å². The van der Waals surface area contributed by atoms with Gasteiger partial charge in [0.25, 0.3) is 0 Å². The highest BCUT2D eigenvalue weighted by Crippen LogP contribution is 2.28. The number of aromatic nitrogens is 2. The lowest BCUT2D eigenvalue weighted by Crippen LogP contribution is -2.15. The molecule has 0 spiro atoms. The van der Waals surface area contributed by atoms with E-state index in [1.165, 1.54) is 6.07 Å². The van der Waals surface area contributed by atoms with Crippen LogP contribution < -0.4 is 11.1 Å². The largest absolute Gasteiger partial charge is 0.433 e. The third kappa shape index (κ3) is 3.46. The van der Waals surface area contributed by atoms with Gasteiger partial charge in [-0.25, -0.2) is 9.97 Å². The van der Waals surface area contributed by atoms with Crippen molar-refractivity contribution in [2.24, 2.45) is 5.73 Å². The third-order valence-corrected chi connectivity index (χ3v) is 2.93. The number of alkyl halides is 3. The lowest BCUT2D eigenvalue weighted by Gasteiger charge is -2.12. The highest BCUT2D eigenvalue weighted by Gasteiger charge is 2.32. The summed E-state index contributed by atoms with van der Waals surface area (Å²) < 4.78 is 37.3. The van der Waals surface area contributed by atoms with E-state index in [4.69, 9.17) is 18.0 Å². The first-order valence-electron chi connectivity index (χ1n) is 5.84. The molecule has 0 aliphatic carbocycles. The van der Waals surface area contributed by atoms with Gasteiger partial charge in [0.15, 0.2) is 0 Å². The van der Waals surface area contributed by atoms with Gasteiger partial charge in [-0.2, -0.15) is 13.2 Å². The molecule has 0 unspecified atom stereocenters. The second kappa shape index (κ2) is 5.65. The lowest BCUT2D eigenvalue weighted by molar-refractivity contribution is -0.141. The molecule has 4 nitrogen and oxygen atoms in total. The van der Waals surface area contributed by atoms with Crippen LogP contribution >= 0.6 is 12.2 Å². The summed E-state index contributed by atoms with van der Waals surface area (Å²) in [6, 6.07) is 3.90. The predicted molar refractivity (Wildman–Crippen MR) is 77.4 cm³/mol. The zero-order valence-corrected chi connectivity index (χ0v) is 11.7. The van der Waals surface area contributed by atoms with Crippen molar-refractivity contribution in [3.63, 3.8) is 0 Å². The molecule has 0 bridgehead atoms. The van der Waals surface area contributed by atoms with Crippen molar-refractivity contribution in [3.8, 4) is 0 Å². The molecule has 2 rings (SSSR count). The lowest BCUT2D eigenvalue weighted by atomic mass is 10.1. The van der Waals surface area contributed by atoms with Gasteiger partial charge in [0, 0.05) is 6.20 Å². The molecule has 2 aromatic rings. The summed E-state index contributed by atoms with van der Waals surface area (Å²) in [7, 11) is 0. The van der Waals surface area contributed by atoms with Gasteiger partial charge in [0.1, 0.15) is 16.5 Å². The number of hydrogen-bond acceptors (Lipinski definition) is 4. The van der Waals surface area contributed by atoms with Gasteiger partial charge in [-0.05, 0) is 30.7 Å². The van der Waals surface area contributed by atoms with Crippen molar-refractivity contribution >= 4 is 28.7 Å². The molecule has 0 fully saturated rings. The third-order valence-electron chi connectivity index (χ3n) is 2.72. The van der Waals surface area contributed by atoms with Gasteiger partial charge in [-0.3, -0.25) is 0 Å². The topological polar surface area (TPSA) is 63.8 Å². The van der Waals surface area contributed by atoms with E-state index in [0.717, 1.165) is 17.8 Å². The van der Waals surface area contributed by atoms with Crippen LogP contribution in [0.1, 0.15) is 16.8 Å². The first-order valence-corrected chi connectivity index (χ1v) is 6.25. The molecule has 0 aromatic carbocycles. The Balaban J connectivity index is 2.31. The number of nitrogens with one attached hydrogen (secondary N) is 1. The summed E-state index contributed by atoms with van der Waals surface area (Å²) >= 11 is 4.96. The zero-order valence-electron chi connectivity index (χ0n) is 10.9. The Morgan fingerprint density at radius 3 is 2.48 bits per heavy atom. The molecule has 0 amide bonds. The maximum Gasteiger partial charge on any atom is 0.433 e. The summed E-state index contributed by atoms with van der Waals surface area (Å²) in [6.07, 6.45) is -1.84. The smallest absolute Gasteiger partial charge is 0.389 e. The number of halogens is 3. The quantitative estimate of drug-likeness (QED) is 0.852. The van der Waals surface area contributed by atoms with Crippen LogP contribution in [0.25, 0.3) is 0 Å². The van der Waals surface area contributed by atoms with Crippen LogP contribution in [0.15, 0.2) is 30.6 Å². The molecule has 8 heteroatoms. The molecule has 2 heterocycles. The molecule has 0 saturated heterocycles. The van der Waals surface area contributed by atoms with Crippen molar-refractivity contribution in [1.82, 2.24) is 9.97 Å². The van der Waals surface area contributed by atoms with Crippen LogP contribution in [-0.4, -0.2) is 15.0 Å². The summed E-state index contributed by atoms with van der Waals surface area (Å²) in [4.78, 5) is 7.62. The fourth-order valence-corrected chi connectivity index (χ4v) is 1.99. The van der Waals surface area contributed by atoms with E-state index >= 15 is 0 Å². The van der Waals surface area contributed by atoms with Gasteiger partial charge in [-0.1, -0.05) is 12.2 Å². The number of nitrogens with zero attached hydrogens (tertiary/aromatic N) is 2. The highest BCUT2D eigenvalue weighted by molar-refractivity contribution is 7.80. The maximum atomic E-state index is 12.4. The van der Waals surface area contributed by atoms with E-state index < -0.39 is 11.9 Å². The van der Waals surface area contributed by atoms with Crippen LogP contribution in [0.5, 0.6) is 0 Å². The van der Waals surface area contributed by atoms with E-state index in [9.17, 15) is 13.2 Å².